The second-order valence-electron chi connectivity index (χ2n) is 2.15. The van der Waals surface area contributed by atoms with Crippen LogP contribution in [0.5, 0.6) is 0 Å². The molecule has 0 unspecified atom stereocenters. The summed E-state index contributed by atoms with van der Waals surface area (Å²) in [5.41, 5.74) is 0. The van der Waals surface area contributed by atoms with E-state index in [1.54, 1.807) is 12.2 Å². The molecule has 76 valence electrons. The molecular weight excluding hydrogens is 184 g/mol. The van der Waals surface area contributed by atoms with Gasteiger partial charge in [-0.15, -0.1) is 0 Å². The van der Waals surface area contributed by atoms with E-state index < -0.39 is 11.9 Å². The van der Waals surface area contributed by atoms with Crippen LogP contribution in [0.25, 0.3) is 0 Å². The molecule has 4 heteroatoms. The third-order valence-electron chi connectivity index (χ3n) is 1.20. The quantitative estimate of drug-likeness (QED) is 0.382. The zero-order valence-electron chi connectivity index (χ0n) is 8.10. The number of ether oxygens (including phenoxy) is 2. The Morgan fingerprint density at radius 3 is 1.43 bits per heavy atom. The lowest BCUT2D eigenvalue weighted by Crippen LogP contribution is -1.93. The van der Waals surface area contributed by atoms with E-state index in [1.165, 1.54) is 38.5 Å². The fraction of sp³-hybridized carbons (Fsp3) is 0.200. The van der Waals surface area contributed by atoms with Gasteiger partial charge in [-0.1, -0.05) is 24.3 Å². The summed E-state index contributed by atoms with van der Waals surface area (Å²) < 4.78 is 8.72. The van der Waals surface area contributed by atoms with Crippen LogP contribution in [0, 0.1) is 0 Å². The molecular formula is C10H12O4. The molecule has 0 radical (unpaired) electrons. The first-order chi connectivity index (χ1) is 6.70. The lowest BCUT2D eigenvalue weighted by molar-refractivity contribution is -0.135. The first-order valence-corrected chi connectivity index (χ1v) is 3.88. The zero-order chi connectivity index (χ0) is 10.8. The topological polar surface area (TPSA) is 52.6 Å². The van der Waals surface area contributed by atoms with Crippen molar-refractivity contribution in [2.75, 3.05) is 14.2 Å². The molecule has 0 heterocycles. The predicted octanol–water partition coefficient (Wildman–Crippen LogP) is 1.00. The smallest absolute Gasteiger partial charge is 0.330 e. The van der Waals surface area contributed by atoms with E-state index in [0.717, 1.165) is 0 Å². The number of carbonyl (C=O) groups is 2. The molecule has 0 aromatic heterocycles. The summed E-state index contributed by atoms with van der Waals surface area (Å²) in [6.45, 7) is 0. The van der Waals surface area contributed by atoms with Crippen molar-refractivity contribution in [1.29, 1.82) is 0 Å². The molecule has 0 fully saturated rings. The van der Waals surface area contributed by atoms with Crippen molar-refractivity contribution in [1.82, 2.24) is 0 Å². The number of rotatable bonds is 4. The van der Waals surface area contributed by atoms with Crippen molar-refractivity contribution in [3.63, 3.8) is 0 Å². The number of methoxy groups -OCH3 is 2. The Kier molecular flexibility index (Phi) is 6.77. The summed E-state index contributed by atoms with van der Waals surface area (Å²) in [7, 11) is 2.60. The number of carbonyl (C=O) groups excluding carboxylic acids is 2. The number of allylic oxidation sites excluding steroid dienone is 4. The molecule has 0 bridgehead atoms. The van der Waals surface area contributed by atoms with Crippen LogP contribution in [0.15, 0.2) is 36.5 Å². The third kappa shape index (κ3) is 6.84. The Balaban J connectivity index is 3.85. The molecule has 0 aromatic carbocycles. The molecule has 0 saturated heterocycles. The first kappa shape index (κ1) is 12.2. The van der Waals surface area contributed by atoms with E-state index in [1.807, 2.05) is 0 Å². The SMILES string of the molecule is COC(=O)/C=C/C=C/C=C/C(=O)OC. The van der Waals surface area contributed by atoms with Crippen LogP contribution in [0.4, 0.5) is 0 Å². The summed E-state index contributed by atoms with van der Waals surface area (Å²) >= 11 is 0. The molecule has 0 N–H and O–H groups in total. The highest BCUT2D eigenvalue weighted by Gasteiger charge is 1.87. The summed E-state index contributed by atoms with van der Waals surface area (Å²) in [4.78, 5) is 21.1. The number of hydrogen-bond donors (Lipinski definition) is 0. The molecule has 0 rings (SSSR count). The Bertz CT molecular complexity index is 246. The van der Waals surface area contributed by atoms with E-state index >= 15 is 0 Å². The highest BCUT2D eigenvalue weighted by molar-refractivity contribution is 5.82. The van der Waals surface area contributed by atoms with Crippen LogP contribution in [-0.4, -0.2) is 26.2 Å². The van der Waals surface area contributed by atoms with E-state index in [-0.39, 0.29) is 0 Å². The molecule has 0 aliphatic heterocycles. The van der Waals surface area contributed by atoms with Gasteiger partial charge in [-0.25, -0.2) is 9.59 Å². The maximum Gasteiger partial charge on any atom is 0.330 e. The second kappa shape index (κ2) is 7.79. The predicted molar refractivity (Wildman–Crippen MR) is 51.5 cm³/mol. The number of esters is 2. The van der Waals surface area contributed by atoms with Crippen LogP contribution >= 0.6 is 0 Å². The van der Waals surface area contributed by atoms with E-state index in [2.05, 4.69) is 9.47 Å². The Hall–Kier alpha value is -1.84. The van der Waals surface area contributed by atoms with Crippen molar-refractivity contribution in [3.8, 4) is 0 Å². The maximum absolute atomic E-state index is 10.6. The van der Waals surface area contributed by atoms with Crippen molar-refractivity contribution < 1.29 is 19.1 Å². The van der Waals surface area contributed by atoms with Gasteiger partial charge < -0.3 is 9.47 Å². The highest BCUT2D eigenvalue weighted by Crippen LogP contribution is 1.83. The van der Waals surface area contributed by atoms with E-state index in [4.69, 9.17) is 0 Å². The fourth-order valence-electron chi connectivity index (χ4n) is 0.533. The molecule has 14 heavy (non-hydrogen) atoms. The molecule has 0 atom stereocenters. The average Bonchev–Trinajstić information content (AvgIpc) is 2.22. The van der Waals surface area contributed by atoms with Gasteiger partial charge >= 0.3 is 11.9 Å². The maximum atomic E-state index is 10.6. The van der Waals surface area contributed by atoms with Crippen molar-refractivity contribution in [2.45, 2.75) is 0 Å². The van der Waals surface area contributed by atoms with Crippen LogP contribution in [0.2, 0.25) is 0 Å². The second-order valence-corrected chi connectivity index (χ2v) is 2.15. The normalized spacial score (nSPS) is 11.3. The van der Waals surface area contributed by atoms with Crippen LogP contribution in [-0.2, 0) is 19.1 Å². The molecule has 0 aliphatic carbocycles. The Morgan fingerprint density at radius 1 is 0.786 bits per heavy atom. The van der Waals surface area contributed by atoms with Gasteiger partial charge in [0.1, 0.15) is 0 Å². The van der Waals surface area contributed by atoms with E-state index in [0.29, 0.717) is 0 Å². The van der Waals surface area contributed by atoms with Gasteiger partial charge in [0.2, 0.25) is 0 Å². The van der Waals surface area contributed by atoms with Gasteiger partial charge in [0, 0.05) is 12.2 Å². The van der Waals surface area contributed by atoms with Gasteiger partial charge in [0.25, 0.3) is 0 Å². The van der Waals surface area contributed by atoms with Gasteiger partial charge in [0.05, 0.1) is 14.2 Å². The van der Waals surface area contributed by atoms with Crippen molar-refractivity contribution in [2.24, 2.45) is 0 Å². The van der Waals surface area contributed by atoms with Crippen LogP contribution in [0.3, 0.4) is 0 Å². The van der Waals surface area contributed by atoms with Crippen LogP contribution < -0.4 is 0 Å². The van der Waals surface area contributed by atoms with Crippen molar-refractivity contribution >= 4 is 11.9 Å². The average molecular weight is 196 g/mol. The zero-order valence-corrected chi connectivity index (χ0v) is 8.10. The van der Waals surface area contributed by atoms with Crippen LogP contribution in [0.1, 0.15) is 0 Å². The minimum absolute atomic E-state index is 0.424. The first-order valence-electron chi connectivity index (χ1n) is 3.88. The molecule has 0 saturated carbocycles. The minimum Gasteiger partial charge on any atom is -0.466 e. The third-order valence-corrected chi connectivity index (χ3v) is 1.20. The lowest BCUT2D eigenvalue weighted by Gasteiger charge is -1.86. The van der Waals surface area contributed by atoms with Gasteiger partial charge in [-0.3, -0.25) is 0 Å². The summed E-state index contributed by atoms with van der Waals surface area (Å²) in [5.74, 6) is -0.849. The Morgan fingerprint density at radius 2 is 1.14 bits per heavy atom. The standard InChI is InChI=1S/C10H12O4/c1-13-9(11)7-5-3-4-6-8-10(12)14-2/h3-8H,1-2H3/b4-3+,7-5+,8-6+. The van der Waals surface area contributed by atoms with Gasteiger partial charge in [-0.05, 0) is 0 Å². The number of hydrogen-bond acceptors (Lipinski definition) is 4. The molecule has 4 nitrogen and oxygen atoms in total. The molecule has 0 aliphatic rings. The minimum atomic E-state index is -0.424. The fourth-order valence-corrected chi connectivity index (χ4v) is 0.533. The molecule has 0 spiro atoms. The highest BCUT2D eigenvalue weighted by atomic mass is 16.5. The largest absolute Gasteiger partial charge is 0.466 e. The Labute approximate surface area is 82.5 Å². The molecule has 0 amide bonds. The van der Waals surface area contributed by atoms with Gasteiger partial charge in [0.15, 0.2) is 0 Å². The molecule has 0 aromatic rings. The van der Waals surface area contributed by atoms with Gasteiger partial charge in [-0.2, -0.15) is 0 Å². The summed E-state index contributed by atoms with van der Waals surface area (Å²) in [5, 5.41) is 0. The lowest BCUT2D eigenvalue weighted by atomic mass is 10.4. The summed E-state index contributed by atoms with van der Waals surface area (Å²) in [6.07, 6.45) is 8.73. The van der Waals surface area contributed by atoms with E-state index in [9.17, 15) is 9.59 Å². The van der Waals surface area contributed by atoms with Crippen molar-refractivity contribution in [3.05, 3.63) is 36.5 Å². The monoisotopic (exact) mass is 196 g/mol. The summed E-state index contributed by atoms with van der Waals surface area (Å²) in [6, 6.07) is 0.